The average molecular weight is 308 g/mol. The molecule has 4 nitrogen and oxygen atoms in total. The highest BCUT2D eigenvalue weighted by molar-refractivity contribution is 8.00. The van der Waals surface area contributed by atoms with Crippen LogP contribution in [0.4, 0.5) is 0 Å². The lowest BCUT2D eigenvalue weighted by Gasteiger charge is -2.32. The standard InChI is InChI=1S/C16H24N2O2S/c1-17-7-9-18(10-8-17)11-12-21-15(16(19)20)13-14-5-3-2-4-6-14/h2-6,15H,7-13H2,1H3,(H,19,20). The summed E-state index contributed by atoms with van der Waals surface area (Å²) in [4.78, 5) is 16.1. The van der Waals surface area contributed by atoms with Gasteiger partial charge in [0.05, 0.1) is 0 Å². The summed E-state index contributed by atoms with van der Waals surface area (Å²) >= 11 is 1.56. The molecule has 0 saturated carbocycles. The van der Waals surface area contributed by atoms with Gasteiger partial charge < -0.3 is 10.0 Å². The van der Waals surface area contributed by atoms with E-state index < -0.39 is 5.97 Å². The van der Waals surface area contributed by atoms with Crippen LogP contribution in [-0.2, 0) is 11.2 Å². The van der Waals surface area contributed by atoms with Crippen LogP contribution in [0.5, 0.6) is 0 Å². The summed E-state index contributed by atoms with van der Waals surface area (Å²) in [5, 5.41) is 9.02. The number of nitrogens with zero attached hydrogens (tertiary/aromatic N) is 2. The summed E-state index contributed by atoms with van der Waals surface area (Å²) in [6, 6.07) is 9.88. The minimum absolute atomic E-state index is 0.347. The highest BCUT2D eigenvalue weighted by Gasteiger charge is 2.19. The third kappa shape index (κ3) is 5.69. The summed E-state index contributed by atoms with van der Waals surface area (Å²) in [6.45, 7) is 5.38. The van der Waals surface area contributed by atoms with Gasteiger partial charge >= 0.3 is 5.97 Å². The van der Waals surface area contributed by atoms with Crippen molar-refractivity contribution in [1.82, 2.24) is 9.80 Å². The van der Waals surface area contributed by atoms with Crippen molar-refractivity contribution < 1.29 is 9.90 Å². The first-order valence-electron chi connectivity index (χ1n) is 7.44. The molecule has 1 atom stereocenters. The van der Waals surface area contributed by atoms with Crippen LogP contribution >= 0.6 is 11.8 Å². The number of benzene rings is 1. The Kier molecular flexibility index (Phi) is 6.54. The van der Waals surface area contributed by atoms with Crippen LogP contribution in [-0.4, -0.2) is 71.6 Å². The van der Waals surface area contributed by atoms with E-state index in [1.807, 2.05) is 30.3 Å². The number of carboxylic acid groups (broad SMARTS) is 1. The minimum atomic E-state index is -0.706. The van der Waals surface area contributed by atoms with Crippen LogP contribution in [0, 0.1) is 0 Å². The van der Waals surface area contributed by atoms with E-state index in [0.717, 1.165) is 44.0 Å². The van der Waals surface area contributed by atoms with Gasteiger partial charge in [0.15, 0.2) is 0 Å². The van der Waals surface area contributed by atoms with Crippen molar-refractivity contribution in [2.75, 3.05) is 45.5 Å². The molecule has 0 spiro atoms. The van der Waals surface area contributed by atoms with Crippen LogP contribution in [0.15, 0.2) is 30.3 Å². The van der Waals surface area contributed by atoms with Gasteiger partial charge in [0.1, 0.15) is 5.25 Å². The zero-order valence-electron chi connectivity index (χ0n) is 12.6. The molecular weight excluding hydrogens is 284 g/mol. The number of aliphatic carboxylic acids is 1. The number of carbonyl (C=O) groups is 1. The molecule has 0 aliphatic carbocycles. The van der Waals surface area contributed by atoms with Gasteiger partial charge in [-0.05, 0) is 19.0 Å². The summed E-state index contributed by atoms with van der Waals surface area (Å²) in [7, 11) is 2.15. The van der Waals surface area contributed by atoms with Gasteiger partial charge in [-0.25, -0.2) is 0 Å². The Morgan fingerprint density at radius 1 is 1.24 bits per heavy atom. The third-order valence-corrected chi connectivity index (χ3v) is 5.05. The topological polar surface area (TPSA) is 43.8 Å². The van der Waals surface area contributed by atoms with E-state index in [2.05, 4.69) is 16.8 Å². The summed E-state index contributed by atoms with van der Waals surface area (Å²) in [5.41, 5.74) is 1.09. The predicted octanol–water partition coefficient (Wildman–Crippen LogP) is 1.66. The van der Waals surface area contributed by atoms with Crippen LogP contribution in [0.3, 0.4) is 0 Å². The Balaban J connectivity index is 1.74. The highest BCUT2D eigenvalue weighted by atomic mass is 32.2. The average Bonchev–Trinajstić information content (AvgIpc) is 2.49. The Morgan fingerprint density at radius 3 is 2.52 bits per heavy atom. The number of hydrogen-bond donors (Lipinski definition) is 1. The van der Waals surface area contributed by atoms with E-state index in [4.69, 9.17) is 0 Å². The maximum Gasteiger partial charge on any atom is 0.316 e. The number of rotatable bonds is 7. The van der Waals surface area contributed by atoms with Gasteiger partial charge in [0.25, 0.3) is 0 Å². The molecule has 2 rings (SSSR count). The Hall–Kier alpha value is -1.04. The van der Waals surface area contributed by atoms with Crippen LogP contribution in [0.1, 0.15) is 5.56 Å². The molecule has 0 amide bonds. The van der Waals surface area contributed by atoms with Crippen molar-refractivity contribution >= 4 is 17.7 Å². The third-order valence-electron chi connectivity index (χ3n) is 3.86. The first kappa shape index (κ1) is 16.3. The molecule has 116 valence electrons. The molecule has 1 aliphatic rings. The Bertz CT molecular complexity index is 433. The molecule has 0 bridgehead atoms. The number of likely N-dealkylation sites (N-methyl/N-ethyl adjacent to an activating group) is 1. The molecule has 1 aromatic rings. The fourth-order valence-corrected chi connectivity index (χ4v) is 3.54. The van der Waals surface area contributed by atoms with Crippen molar-refractivity contribution in [3.63, 3.8) is 0 Å². The zero-order valence-corrected chi connectivity index (χ0v) is 13.4. The van der Waals surface area contributed by atoms with E-state index >= 15 is 0 Å². The molecule has 1 aliphatic heterocycles. The molecule has 1 saturated heterocycles. The molecule has 21 heavy (non-hydrogen) atoms. The van der Waals surface area contributed by atoms with Crippen molar-refractivity contribution in [2.45, 2.75) is 11.7 Å². The SMILES string of the molecule is CN1CCN(CCSC(Cc2ccccc2)C(=O)O)CC1. The zero-order chi connectivity index (χ0) is 15.1. The van der Waals surface area contributed by atoms with Crippen molar-refractivity contribution in [3.05, 3.63) is 35.9 Å². The second-order valence-corrected chi connectivity index (χ2v) is 6.84. The van der Waals surface area contributed by atoms with Gasteiger partial charge in [0, 0.05) is 38.5 Å². The van der Waals surface area contributed by atoms with Gasteiger partial charge in [-0.2, -0.15) is 0 Å². The molecule has 0 aromatic heterocycles. The second-order valence-electron chi connectivity index (χ2n) is 5.53. The lowest BCUT2D eigenvalue weighted by atomic mass is 10.1. The van der Waals surface area contributed by atoms with E-state index in [9.17, 15) is 9.90 Å². The summed E-state index contributed by atoms with van der Waals surface area (Å²) < 4.78 is 0. The maximum absolute atomic E-state index is 11.4. The Labute approximate surface area is 131 Å². The molecular formula is C16H24N2O2S. The molecule has 1 N–H and O–H groups in total. The molecule has 1 heterocycles. The number of thioether (sulfide) groups is 1. The molecule has 1 unspecified atom stereocenters. The summed E-state index contributed by atoms with van der Waals surface area (Å²) in [6.07, 6.45) is 0.601. The monoisotopic (exact) mass is 308 g/mol. The fourth-order valence-electron chi connectivity index (χ4n) is 2.44. The number of hydrogen-bond acceptors (Lipinski definition) is 4. The van der Waals surface area contributed by atoms with E-state index in [0.29, 0.717) is 6.42 Å². The van der Waals surface area contributed by atoms with E-state index in [1.165, 1.54) is 0 Å². The van der Waals surface area contributed by atoms with Crippen molar-refractivity contribution in [3.8, 4) is 0 Å². The maximum atomic E-state index is 11.4. The Morgan fingerprint density at radius 2 is 1.90 bits per heavy atom. The molecule has 5 heteroatoms. The van der Waals surface area contributed by atoms with Crippen molar-refractivity contribution in [2.24, 2.45) is 0 Å². The van der Waals surface area contributed by atoms with Crippen LogP contribution in [0.2, 0.25) is 0 Å². The number of carboxylic acids is 1. The lowest BCUT2D eigenvalue weighted by Crippen LogP contribution is -2.45. The second kappa shape index (κ2) is 8.41. The minimum Gasteiger partial charge on any atom is -0.480 e. The van der Waals surface area contributed by atoms with E-state index in [-0.39, 0.29) is 5.25 Å². The molecule has 0 radical (unpaired) electrons. The first-order chi connectivity index (χ1) is 10.1. The quantitative estimate of drug-likeness (QED) is 0.830. The molecule has 1 aromatic carbocycles. The summed E-state index contributed by atoms with van der Waals surface area (Å²) in [5.74, 6) is 0.176. The molecule has 1 fully saturated rings. The smallest absolute Gasteiger partial charge is 0.316 e. The van der Waals surface area contributed by atoms with Gasteiger partial charge in [0.2, 0.25) is 0 Å². The number of piperazine rings is 1. The fraction of sp³-hybridized carbons (Fsp3) is 0.562. The van der Waals surface area contributed by atoms with E-state index in [1.54, 1.807) is 11.8 Å². The first-order valence-corrected chi connectivity index (χ1v) is 8.49. The van der Waals surface area contributed by atoms with Gasteiger partial charge in [-0.1, -0.05) is 30.3 Å². The highest BCUT2D eigenvalue weighted by Crippen LogP contribution is 2.17. The lowest BCUT2D eigenvalue weighted by molar-refractivity contribution is -0.136. The van der Waals surface area contributed by atoms with Crippen LogP contribution < -0.4 is 0 Å². The predicted molar refractivity (Wildman–Crippen MR) is 88.0 cm³/mol. The van der Waals surface area contributed by atoms with Gasteiger partial charge in [-0.3, -0.25) is 9.69 Å². The van der Waals surface area contributed by atoms with Crippen molar-refractivity contribution in [1.29, 1.82) is 0 Å². The largest absolute Gasteiger partial charge is 0.480 e. The van der Waals surface area contributed by atoms with Crippen LogP contribution in [0.25, 0.3) is 0 Å². The van der Waals surface area contributed by atoms with Gasteiger partial charge in [-0.15, -0.1) is 11.8 Å². The normalized spacial score (nSPS) is 18.5.